The van der Waals surface area contributed by atoms with Crippen LogP contribution in [0.1, 0.15) is 13.8 Å². The first-order valence-corrected chi connectivity index (χ1v) is 12.6. The van der Waals surface area contributed by atoms with Crippen molar-refractivity contribution in [3.05, 3.63) is 72.8 Å². The Kier molecular flexibility index (Phi) is 8.24. The second-order valence-electron chi connectivity index (χ2n) is 7.01. The van der Waals surface area contributed by atoms with Crippen molar-refractivity contribution in [1.82, 2.24) is 0 Å². The van der Waals surface area contributed by atoms with Crippen LogP contribution in [0.15, 0.2) is 82.6 Å². The normalized spacial score (nSPS) is 12.0. The van der Waals surface area contributed by atoms with E-state index in [4.69, 9.17) is 9.47 Å². The fraction of sp³-hybridized carbons (Fsp3) is 0.208. The lowest BCUT2D eigenvalue weighted by Crippen LogP contribution is -2.22. The maximum absolute atomic E-state index is 12.7. The Labute approximate surface area is 198 Å². The minimum atomic E-state index is -3.76. The molecule has 3 aromatic carbocycles. The molecule has 0 aliphatic carbocycles. The molecule has 0 aliphatic heterocycles. The molecule has 2 N–H and O–H groups in total. The third kappa shape index (κ3) is 6.90. The monoisotopic (exact) mass is 486 g/mol. The van der Waals surface area contributed by atoms with Gasteiger partial charge in [0, 0.05) is 16.3 Å². The Bertz CT molecular complexity index is 1160. The second-order valence-corrected chi connectivity index (χ2v) is 10.1. The summed E-state index contributed by atoms with van der Waals surface area (Å²) in [6.07, 6.45) is 0. The van der Waals surface area contributed by atoms with Gasteiger partial charge in [0.15, 0.2) is 0 Å². The predicted octanol–water partition coefficient (Wildman–Crippen LogP) is 5.01. The Hall–Kier alpha value is -3.17. The van der Waals surface area contributed by atoms with E-state index in [1.54, 1.807) is 43.5 Å². The third-order valence-corrected chi connectivity index (χ3v) is 7.10. The van der Waals surface area contributed by atoms with Gasteiger partial charge in [-0.25, -0.2) is 8.42 Å². The van der Waals surface area contributed by atoms with Gasteiger partial charge < -0.3 is 14.8 Å². The van der Waals surface area contributed by atoms with Crippen LogP contribution in [0, 0.1) is 0 Å². The van der Waals surface area contributed by atoms with Crippen LogP contribution in [-0.2, 0) is 14.8 Å². The van der Waals surface area contributed by atoms with Gasteiger partial charge >= 0.3 is 0 Å². The van der Waals surface area contributed by atoms with E-state index in [1.165, 1.54) is 23.9 Å². The van der Waals surface area contributed by atoms with Crippen molar-refractivity contribution in [3.8, 4) is 11.5 Å². The van der Waals surface area contributed by atoms with E-state index >= 15 is 0 Å². The van der Waals surface area contributed by atoms with Crippen molar-refractivity contribution >= 4 is 39.1 Å². The van der Waals surface area contributed by atoms with Gasteiger partial charge in [-0.3, -0.25) is 9.52 Å². The predicted molar refractivity (Wildman–Crippen MR) is 132 cm³/mol. The highest BCUT2D eigenvalue weighted by atomic mass is 32.2. The number of hydrogen-bond donors (Lipinski definition) is 2. The molecule has 3 aromatic rings. The number of ether oxygens (including phenoxy) is 2. The van der Waals surface area contributed by atoms with Gasteiger partial charge in [-0.2, -0.15) is 0 Å². The SMILES string of the molecule is CCOc1ccc(NS(=O)(=O)c2ccc(NC(=O)[C@@H](C)Sc3ccc(OC)cc3)cc2)cc1. The maximum Gasteiger partial charge on any atom is 0.261 e. The average Bonchev–Trinajstić information content (AvgIpc) is 2.81. The van der Waals surface area contributed by atoms with Gasteiger partial charge in [0.1, 0.15) is 11.5 Å². The van der Waals surface area contributed by atoms with Crippen molar-refractivity contribution in [2.24, 2.45) is 0 Å². The molecule has 0 heterocycles. The molecule has 174 valence electrons. The number of thioether (sulfide) groups is 1. The third-order valence-electron chi connectivity index (χ3n) is 4.59. The van der Waals surface area contributed by atoms with Crippen LogP contribution in [0.5, 0.6) is 11.5 Å². The molecule has 0 saturated heterocycles. The van der Waals surface area contributed by atoms with Crippen molar-refractivity contribution in [3.63, 3.8) is 0 Å². The highest BCUT2D eigenvalue weighted by Crippen LogP contribution is 2.26. The van der Waals surface area contributed by atoms with Gasteiger partial charge in [0.25, 0.3) is 10.0 Å². The molecule has 0 aliphatic rings. The lowest BCUT2D eigenvalue weighted by atomic mass is 10.3. The highest BCUT2D eigenvalue weighted by Gasteiger charge is 2.17. The molecular weight excluding hydrogens is 460 g/mol. The number of nitrogens with one attached hydrogen (secondary N) is 2. The van der Waals surface area contributed by atoms with Crippen molar-refractivity contribution in [1.29, 1.82) is 0 Å². The molecule has 1 atom stereocenters. The first-order chi connectivity index (χ1) is 15.8. The Morgan fingerprint density at radius 2 is 1.48 bits per heavy atom. The summed E-state index contributed by atoms with van der Waals surface area (Å²) in [7, 11) is -2.16. The van der Waals surface area contributed by atoms with Crippen LogP contribution in [0.4, 0.5) is 11.4 Å². The number of hydrogen-bond acceptors (Lipinski definition) is 6. The number of methoxy groups -OCH3 is 1. The number of amides is 1. The molecule has 0 unspecified atom stereocenters. The summed E-state index contributed by atoms with van der Waals surface area (Å²) in [6, 6.07) is 20.2. The van der Waals surface area contributed by atoms with Crippen LogP contribution in [0.2, 0.25) is 0 Å². The van der Waals surface area contributed by atoms with Crippen molar-refractivity contribution < 1.29 is 22.7 Å². The fourth-order valence-corrected chi connectivity index (χ4v) is 4.80. The number of carbonyl (C=O) groups excluding carboxylic acids is 1. The van der Waals surface area contributed by atoms with Gasteiger partial charge in [-0.05, 0) is 86.6 Å². The Morgan fingerprint density at radius 1 is 0.909 bits per heavy atom. The molecule has 9 heteroatoms. The number of anilines is 2. The average molecular weight is 487 g/mol. The summed E-state index contributed by atoms with van der Waals surface area (Å²) < 4.78 is 38.4. The smallest absolute Gasteiger partial charge is 0.261 e. The molecule has 3 rings (SSSR count). The zero-order valence-corrected chi connectivity index (χ0v) is 20.2. The van der Waals surface area contributed by atoms with Gasteiger partial charge in [0.2, 0.25) is 5.91 Å². The Morgan fingerprint density at radius 3 is 2.06 bits per heavy atom. The molecule has 7 nitrogen and oxygen atoms in total. The first kappa shape index (κ1) is 24.5. The van der Waals surface area contributed by atoms with E-state index in [9.17, 15) is 13.2 Å². The standard InChI is InChI=1S/C24H26N2O5S2/c1-4-31-21-9-5-19(6-10-21)26-33(28,29)23-15-7-18(8-16-23)25-24(27)17(2)32-22-13-11-20(30-3)12-14-22/h5-17,26H,4H2,1-3H3,(H,25,27)/t17-/m1/s1. The maximum atomic E-state index is 12.7. The van der Waals surface area contributed by atoms with Crippen LogP contribution in [0.25, 0.3) is 0 Å². The van der Waals surface area contributed by atoms with E-state index < -0.39 is 10.0 Å². The Balaban J connectivity index is 1.59. The molecule has 0 radical (unpaired) electrons. The first-order valence-electron chi connectivity index (χ1n) is 10.3. The van der Waals surface area contributed by atoms with E-state index in [2.05, 4.69) is 10.0 Å². The van der Waals surface area contributed by atoms with Crippen LogP contribution < -0.4 is 19.5 Å². The minimum Gasteiger partial charge on any atom is -0.497 e. The zero-order chi connectivity index (χ0) is 23.8. The summed E-state index contributed by atoms with van der Waals surface area (Å²) in [6.45, 7) is 4.22. The van der Waals surface area contributed by atoms with Crippen LogP contribution >= 0.6 is 11.8 Å². The summed E-state index contributed by atoms with van der Waals surface area (Å²) >= 11 is 1.42. The summed E-state index contributed by atoms with van der Waals surface area (Å²) in [5.41, 5.74) is 0.947. The summed E-state index contributed by atoms with van der Waals surface area (Å²) in [4.78, 5) is 13.6. The van der Waals surface area contributed by atoms with E-state index in [1.807, 2.05) is 38.1 Å². The second kappa shape index (κ2) is 11.1. The van der Waals surface area contributed by atoms with Gasteiger partial charge in [-0.1, -0.05) is 0 Å². The van der Waals surface area contributed by atoms with Gasteiger partial charge in [-0.15, -0.1) is 11.8 Å². The molecule has 0 spiro atoms. The van der Waals surface area contributed by atoms with Crippen LogP contribution in [0.3, 0.4) is 0 Å². The van der Waals surface area contributed by atoms with Crippen LogP contribution in [-0.4, -0.2) is 33.3 Å². The molecule has 33 heavy (non-hydrogen) atoms. The topological polar surface area (TPSA) is 93.7 Å². The van der Waals surface area contributed by atoms with E-state index in [-0.39, 0.29) is 16.1 Å². The molecule has 1 amide bonds. The number of benzene rings is 3. The molecule has 0 fully saturated rings. The van der Waals surface area contributed by atoms with Crippen molar-refractivity contribution in [2.45, 2.75) is 28.9 Å². The fourth-order valence-electron chi connectivity index (χ4n) is 2.87. The lowest BCUT2D eigenvalue weighted by Gasteiger charge is -2.13. The summed E-state index contributed by atoms with van der Waals surface area (Å²) in [5, 5.41) is 2.47. The minimum absolute atomic E-state index is 0.0926. The highest BCUT2D eigenvalue weighted by molar-refractivity contribution is 8.00. The zero-order valence-electron chi connectivity index (χ0n) is 18.6. The quantitative estimate of drug-likeness (QED) is 0.391. The van der Waals surface area contributed by atoms with Gasteiger partial charge in [0.05, 0.1) is 23.9 Å². The molecule has 0 aromatic heterocycles. The molecule has 0 bridgehead atoms. The van der Waals surface area contributed by atoms with E-state index in [0.29, 0.717) is 23.7 Å². The largest absolute Gasteiger partial charge is 0.497 e. The van der Waals surface area contributed by atoms with Crippen molar-refractivity contribution in [2.75, 3.05) is 23.8 Å². The molecule has 0 saturated carbocycles. The lowest BCUT2D eigenvalue weighted by molar-refractivity contribution is -0.115. The summed E-state index contributed by atoms with van der Waals surface area (Å²) in [5.74, 6) is 1.24. The van der Waals surface area contributed by atoms with E-state index in [0.717, 1.165) is 10.6 Å². The number of sulfonamides is 1. The number of rotatable bonds is 10. The molecular formula is C24H26N2O5S2. The number of carbonyl (C=O) groups is 1.